The number of hydrogen-bond acceptors (Lipinski definition) is 4. The summed E-state index contributed by atoms with van der Waals surface area (Å²) in [4.78, 5) is 6.97. The lowest BCUT2D eigenvalue weighted by Crippen LogP contribution is -2.48. The minimum atomic E-state index is -3.15. The molecule has 1 saturated heterocycles. The highest BCUT2D eigenvalue weighted by Crippen LogP contribution is 2.13. The molecule has 0 atom stereocenters. The van der Waals surface area contributed by atoms with E-state index in [4.69, 9.17) is 0 Å². The van der Waals surface area contributed by atoms with Crippen LogP contribution < -0.4 is 15.4 Å². The van der Waals surface area contributed by atoms with Crippen molar-refractivity contribution >= 4 is 16.0 Å². The van der Waals surface area contributed by atoms with E-state index >= 15 is 0 Å². The fraction of sp³-hybridized carbons (Fsp3) is 0.632. The summed E-state index contributed by atoms with van der Waals surface area (Å²) < 4.78 is 25.4. The Morgan fingerprint density at radius 2 is 1.89 bits per heavy atom. The van der Waals surface area contributed by atoms with Gasteiger partial charge in [0.2, 0.25) is 10.0 Å². The molecule has 27 heavy (non-hydrogen) atoms. The van der Waals surface area contributed by atoms with Gasteiger partial charge in [0.25, 0.3) is 0 Å². The van der Waals surface area contributed by atoms with Gasteiger partial charge in [-0.3, -0.25) is 9.89 Å². The lowest BCUT2D eigenvalue weighted by Gasteiger charge is -2.33. The van der Waals surface area contributed by atoms with Gasteiger partial charge in [-0.1, -0.05) is 30.3 Å². The van der Waals surface area contributed by atoms with Gasteiger partial charge in [-0.15, -0.1) is 0 Å². The van der Waals surface area contributed by atoms with Crippen molar-refractivity contribution in [1.82, 2.24) is 20.3 Å². The first kappa shape index (κ1) is 21.7. The molecule has 0 aliphatic carbocycles. The fourth-order valence-electron chi connectivity index (χ4n) is 3.06. The molecule has 7 nitrogen and oxygen atoms in total. The molecular weight excluding hydrogens is 362 g/mol. The van der Waals surface area contributed by atoms with Crippen molar-refractivity contribution in [2.75, 3.05) is 38.5 Å². The van der Waals surface area contributed by atoms with Crippen LogP contribution >= 0.6 is 0 Å². The van der Waals surface area contributed by atoms with Crippen molar-refractivity contribution in [1.29, 1.82) is 0 Å². The maximum Gasteiger partial charge on any atom is 0.211 e. The predicted molar refractivity (Wildman–Crippen MR) is 111 cm³/mol. The van der Waals surface area contributed by atoms with Gasteiger partial charge in [0, 0.05) is 38.8 Å². The topological polar surface area (TPSA) is 85.8 Å². The zero-order valence-electron chi connectivity index (χ0n) is 16.4. The van der Waals surface area contributed by atoms with E-state index in [-0.39, 0.29) is 5.75 Å². The van der Waals surface area contributed by atoms with Crippen molar-refractivity contribution in [3.05, 3.63) is 35.9 Å². The molecule has 2 rings (SSSR count). The zero-order valence-corrected chi connectivity index (χ0v) is 17.3. The number of piperidine rings is 1. The van der Waals surface area contributed by atoms with Gasteiger partial charge in [0.1, 0.15) is 0 Å². The first-order chi connectivity index (χ1) is 13.0. The second-order valence-corrected chi connectivity index (χ2v) is 8.83. The normalized spacial score (nSPS) is 17.0. The third-order valence-electron chi connectivity index (χ3n) is 4.61. The number of hydrogen-bond donors (Lipinski definition) is 3. The Balaban J connectivity index is 1.75. The minimum absolute atomic E-state index is 0.0938. The van der Waals surface area contributed by atoms with Gasteiger partial charge in [-0.2, -0.15) is 0 Å². The van der Waals surface area contributed by atoms with Crippen LogP contribution in [0.15, 0.2) is 35.3 Å². The molecule has 152 valence electrons. The number of aliphatic imine (C=N–C) groups is 1. The molecule has 0 radical (unpaired) electrons. The molecule has 0 amide bonds. The summed E-state index contributed by atoms with van der Waals surface area (Å²) in [7, 11) is -3.15. The summed E-state index contributed by atoms with van der Waals surface area (Å²) in [5, 5.41) is 6.73. The SMILES string of the molecule is CCNC(=NCCNS(=O)(=O)CC)NC1CCN(Cc2ccccc2)CC1. The van der Waals surface area contributed by atoms with E-state index in [9.17, 15) is 8.42 Å². The molecule has 0 unspecified atom stereocenters. The van der Waals surface area contributed by atoms with Crippen LogP contribution in [0.4, 0.5) is 0 Å². The average molecular weight is 396 g/mol. The molecule has 1 fully saturated rings. The van der Waals surface area contributed by atoms with E-state index in [1.807, 2.05) is 6.92 Å². The maximum absolute atomic E-state index is 11.5. The highest BCUT2D eigenvalue weighted by Gasteiger charge is 2.20. The molecular formula is C19H33N5O2S. The molecule has 1 aromatic rings. The fourth-order valence-corrected chi connectivity index (χ4v) is 3.67. The highest BCUT2D eigenvalue weighted by atomic mass is 32.2. The molecule has 1 aliphatic heterocycles. The first-order valence-electron chi connectivity index (χ1n) is 9.81. The summed E-state index contributed by atoms with van der Waals surface area (Å²) in [6.07, 6.45) is 2.14. The van der Waals surface area contributed by atoms with E-state index in [0.29, 0.717) is 19.1 Å². The Bertz CT molecular complexity index is 671. The molecule has 3 N–H and O–H groups in total. The van der Waals surface area contributed by atoms with Crippen LogP contribution in [0, 0.1) is 0 Å². The molecule has 1 heterocycles. The average Bonchev–Trinajstić information content (AvgIpc) is 2.68. The third-order valence-corrected chi connectivity index (χ3v) is 6.01. The van der Waals surface area contributed by atoms with E-state index in [1.165, 1.54) is 5.56 Å². The van der Waals surface area contributed by atoms with E-state index in [0.717, 1.165) is 45.0 Å². The lowest BCUT2D eigenvalue weighted by molar-refractivity contribution is 0.198. The van der Waals surface area contributed by atoms with Crippen LogP contribution in [0.5, 0.6) is 0 Å². The van der Waals surface area contributed by atoms with Gasteiger partial charge in [0.15, 0.2) is 5.96 Å². The lowest BCUT2D eigenvalue weighted by atomic mass is 10.0. The molecule has 8 heteroatoms. The van der Waals surface area contributed by atoms with Crippen molar-refractivity contribution in [2.45, 2.75) is 39.3 Å². The monoisotopic (exact) mass is 395 g/mol. The summed E-state index contributed by atoms with van der Waals surface area (Å²) in [5.74, 6) is 0.853. The van der Waals surface area contributed by atoms with Crippen LogP contribution in [0.3, 0.4) is 0 Å². The van der Waals surface area contributed by atoms with Crippen LogP contribution in [-0.2, 0) is 16.6 Å². The smallest absolute Gasteiger partial charge is 0.211 e. The number of guanidine groups is 1. The predicted octanol–water partition coefficient (Wildman–Crippen LogP) is 1.15. The van der Waals surface area contributed by atoms with E-state index in [2.05, 4.69) is 55.6 Å². The molecule has 0 bridgehead atoms. The highest BCUT2D eigenvalue weighted by molar-refractivity contribution is 7.89. The number of benzene rings is 1. The largest absolute Gasteiger partial charge is 0.357 e. The first-order valence-corrected chi connectivity index (χ1v) is 11.5. The Morgan fingerprint density at radius 3 is 2.52 bits per heavy atom. The number of nitrogens with one attached hydrogen (secondary N) is 3. The van der Waals surface area contributed by atoms with Crippen molar-refractivity contribution in [2.24, 2.45) is 4.99 Å². The van der Waals surface area contributed by atoms with Crippen molar-refractivity contribution in [3.63, 3.8) is 0 Å². The molecule has 1 aliphatic rings. The molecule has 1 aromatic carbocycles. The number of nitrogens with zero attached hydrogens (tertiary/aromatic N) is 2. The molecule has 0 spiro atoms. The molecule has 0 saturated carbocycles. The number of rotatable bonds is 9. The van der Waals surface area contributed by atoms with Crippen LogP contribution in [0.25, 0.3) is 0 Å². The summed E-state index contributed by atoms with van der Waals surface area (Å²) in [6.45, 7) is 8.29. The van der Waals surface area contributed by atoms with Gasteiger partial charge in [0.05, 0.1) is 12.3 Å². The van der Waals surface area contributed by atoms with Crippen LogP contribution in [0.2, 0.25) is 0 Å². The molecule has 0 aromatic heterocycles. The van der Waals surface area contributed by atoms with Gasteiger partial charge < -0.3 is 10.6 Å². The second-order valence-electron chi connectivity index (χ2n) is 6.74. The summed E-state index contributed by atoms with van der Waals surface area (Å²) >= 11 is 0. The Kier molecular flexibility index (Phi) is 9.03. The van der Waals surface area contributed by atoms with Crippen LogP contribution in [0.1, 0.15) is 32.3 Å². The maximum atomic E-state index is 11.5. The number of likely N-dealkylation sites (tertiary alicyclic amines) is 1. The Morgan fingerprint density at radius 1 is 1.19 bits per heavy atom. The zero-order chi connectivity index (χ0) is 19.5. The summed E-state index contributed by atoms with van der Waals surface area (Å²) in [6, 6.07) is 11.0. The summed E-state index contributed by atoms with van der Waals surface area (Å²) in [5.41, 5.74) is 1.35. The number of sulfonamides is 1. The Labute approximate surface area is 163 Å². The van der Waals surface area contributed by atoms with Crippen LogP contribution in [-0.4, -0.2) is 63.8 Å². The van der Waals surface area contributed by atoms with Gasteiger partial charge in [-0.05, 0) is 32.3 Å². The van der Waals surface area contributed by atoms with Gasteiger partial charge >= 0.3 is 0 Å². The van der Waals surface area contributed by atoms with Gasteiger partial charge in [-0.25, -0.2) is 13.1 Å². The van der Waals surface area contributed by atoms with E-state index < -0.39 is 10.0 Å². The van der Waals surface area contributed by atoms with E-state index in [1.54, 1.807) is 6.92 Å². The minimum Gasteiger partial charge on any atom is -0.357 e. The van der Waals surface area contributed by atoms with Crippen molar-refractivity contribution < 1.29 is 8.42 Å². The third kappa shape index (κ3) is 8.28. The Hall–Kier alpha value is -1.64. The standard InChI is InChI=1S/C19H33N5O2S/c1-3-20-19(21-12-13-22-27(25,26)4-2)23-18-10-14-24(15-11-18)16-17-8-6-5-7-9-17/h5-9,18,22H,3-4,10-16H2,1-2H3,(H2,20,21,23). The quantitative estimate of drug-likeness (QED) is 0.332. The second kappa shape index (κ2) is 11.3. The van der Waals surface area contributed by atoms with Crippen molar-refractivity contribution in [3.8, 4) is 0 Å².